The van der Waals surface area contributed by atoms with Crippen LogP contribution in [0.1, 0.15) is 30.3 Å². The number of piperidine rings is 1. The summed E-state index contributed by atoms with van der Waals surface area (Å²) in [7, 11) is 0. The van der Waals surface area contributed by atoms with Gasteiger partial charge in [-0.05, 0) is 58.0 Å². The fourth-order valence-electron chi connectivity index (χ4n) is 3.78. The normalized spacial score (nSPS) is 15.8. The number of aryl methyl sites for hydroxylation is 2. The molecule has 0 bridgehead atoms. The van der Waals surface area contributed by atoms with Gasteiger partial charge >= 0.3 is 0 Å². The molecule has 0 aliphatic carbocycles. The molecule has 4 heterocycles. The molecule has 1 aliphatic rings. The van der Waals surface area contributed by atoms with Crippen molar-refractivity contribution in [3.63, 3.8) is 0 Å². The topological polar surface area (TPSA) is 72.9 Å². The Morgan fingerprint density at radius 1 is 1.07 bits per heavy atom. The number of halogens is 1. The zero-order chi connectivity index (χ0) is 18.5. The van der Waals surface area contributed by atoms with E-state index in [1.165, 1.54) is 6.07 Å². The van der Waals surface area contributed by atoms with Gasteiger partial charge in [-0.3, -0.25) is 4.98 Å². The average Bonchev–Trinajstić information content (AvgIpc) is 3.27. The molecular formula is C19H20FN7. The number of rotatable bonds is 2. The van der Waals surface area contributed by atoms with E-state index in [1.807, 2.05) is 32.2 Å². The van der Waals surface area contributed by atoms with Gasteiger partial charge in [0.15, 0.2) is 5.82 Å². The number of hydrogen-bond donors (Lipinski definition) is 1. The third-order valence-electron chi connectivity index (χ3n) is 5.15. The van der Waals surface area contributed by atoms with Gasteiger partial charge in [-0.25, -0.2) is 8.91 Å². The summed E-state index contributed by atoms with van der Waals surface area (Å²) in [6, 6.07) is 5.50. The summed E-state index contributed by atoms with van der Waals surface area (Å²) in [5, 5.41) is 16.9. The molecule has 4 aromatic rings. The molecule has 0 atom stereocenters. The van der Waals surface area contributed by atoms with E-state index in [4.69, 9.17) is 0 Å². The second kappa shape index (κ2) is 6.09. The van der Waals surface area contributed by atoms with E-state index < -0.39 is 0 Å². The molecule has 0 spiro atoms. The number of benzene rings is 1. The van der Waals surface area contributed by atoms with Crippen molar-refractivity contribution < 1.29 is 4.39 Å². The van der Waals surface area contributed by atoms with E-state index in [-0.39, 0.29) is 11.9 Å². The lowest BCUT2D eigenvalue weighted by atomic mass is 10.1. The fourth-order valence-corrected chi connectivity index (χ4v) is 3.78. The van der Waals surface area contributed by atoms with Crippen LogP contribution in [0.4, 0.5) is 4.39 Å². The SMILES string of the molecule is Cc1cn2nc(-c3cc(F)c4nn(C5CCNCC5)nc4c3)cc2c(C)n1. The Balaban J connectivity index is 1.60. The number of nitrogens with one attached hydrogen (secondary N) is 1. The quantitative estimate of drug-likeness (QED) is 0.591. The smallest absolute Gasteiger partial charge is 0.153 e. The van der Waals surface area contributed by atoms with Crippen molar-refractivity contribution in [1.29, 1.82) is 0 Å². The Bertz CT molecular complexity index is 1150. The Hall–Kier alpha value is -2.87. The highest BCUT2D eigenvalue weighted by Gasteiger charge is 2.20. The van der Waals surface area contributed by atoms with E-state index in [0.29, 0.717) is 22.3 Å². The van der Waals surface area contributed by atoms with Crippen LogP contribution in [-0.2, 0) is 0 Å². The van der Waals surface area contributed by atoms with Crippen molar-refractivity contribution in [1.82, 2.24) is 34.9 Å². The molecule has 1 aromatic carbocycles. The third kappa shape index (κ3) is 2.76. The molecule has 1 N–H and O–H groups in total. The van der Waals surface area contributed by atoms with Gasteiger partial charge in [0, 0.05) is 5.56 Å². The maximum Gasteiger partial charge on any atom is 0.153 e. The lowest BCUT2D eigenvalue weighted by Gasteiger charge is -2.21. The van der Waals surface area contributed by atoms with Crippen molar-refractivity contribution >= 4 is 16.6 Å². The van der Waals surface area contributed by atoms with E-state index in [0.717, 1.165) is 42.8 Å². The van der Waals surface area contributed by atoms with Crippen molar-refractivity contribution in [2.75, 3.05) is 13.1 Å². The van der Waals surface area contributed by atoms with Crippen LogP contribution >= 0.6 is 0 Å². The average molecular weight is 365 g/mol. The first-order valence-electron chi connectivity index (χ1n) is 9.19. The summed E-state index contributed by atoms with van der Waals surface area (Å²) < 4.78 is 16.5. The molecule has 8 heteroatoms. The zero-order valence-electron chi connectivity index (χ0n) is 15.3. The Morgan fingerprint density at radius 2 is 1.89 bits per heavy atom. The van der Waals surface area contributed by atoms with Gasteiger partial charge < -0.3 is 5.32 Å². The highest BCUT2D eigenvalue weighted by atomic mass is 19.1. The van der Waals surface area contributed by atoms with Crippen LogP contribution in [0.3, 0.4) is 0 Å². The highest BCUT2D eigenvalue weighted by molar-refractivity contribution is 5.81. The van der Waals surface area contributed by atoms with Gasteiger partial charge in [-0.2, -0.15) is 15.0 Å². The molecule has 27 heavy (non-hydrogen) atoms. The van der Waals surface area contributed by atoms with Gasteiger partial charge in [0.05, 0.1) is 34.8 Å². The first kappa shape index (κ1) is 16.3. The van der Waals surface area contributed by atoms with Gasteiger partial charge in [0.25, 0.3) is 0 Å². The summed E-state index contributed by atoms with van der Waals surface area (Å²) >= 11 is 0. The monoisotopic (exact) mass is 365 g/mol. The predicted octanol–water partition coefficient (Wildman–Crippen LogP) is 2.82. The predicted molar refractivity (Wildman–Crippen MR) is 100 cm³/mol. The molecule has 3 aromatic heterocycles. The van der Waals surface area contributed by atoms with Crippen molar-refractivity contribution in [3.8, 4) is 11.3 Å². The Labute approximate surface area is 155 Å². The second-order valence-electron chi connectivity index (χ2n) is 7.15. The van der Waals surface area contributed by atoms with Crippen LogP contribution in [0.15, 0.2) is 24.4 Å². The first-order valence-corrected chi connectivity index (χ1v) is 9.19. The molecule has 0 saturated carbocycles. The maximum absolute atomic E-state index is 14.7. The molecule has 0 unspecified atom stereocenters. The largest absolute Gasteiger partial charge is 0.317 e. The third-order valence-corrected chi connectivity index (χ3v) is 5.15. The first-order chi connectivity index (χ1) is 13.1. The van der Waals surface area contributed by atoms with Crippen LogP contribution in [0.2, 0.25) is 0 Å². The van der Waals surface area contributed by atoms with Crippen molar-refractivity contribution in [2.45, 2.75) is 32.7 Å². The lowest BCUT2D eigenvalue weighted by Crippen LogP contribution is -2.30. The van der Waals surface area contributed by atoms with Gasteiger partial charge in [0.2, 0.25) is 0 Å². The lowest BCUT2D eigenvalue weighted by molar-refractivity contribution is 0.316. The summed E-state index contributed by atoms with van der Waals surface area (Å²) in [5.74, 6) is -0.370. The number of nitrogens with zero attached hydrogens (tertiary/aromatic N) is 6. The summed E-state index contributed by atoms with van der Waals surface area (Å²) in [5.41, 5.74) is 4.96. The standard InChI is InChI=1S/C19H20FN7/c1-11-10-26-18(12(2)22-11)9-16(23-26)13-7-15(20)19-17(8-13)24-27(25-19)14-3-5-21-6-4-14/h7-10,14,21H,3-6H2,1-2H3. The molecule has 1 fully saturated rings. The maximum atomic E-state index is 14.7. The molecule has 5 rings (SSSR count). The molecular weight excluding hydrogens is 345 g/mol. The second-order valence-corrected chi connectivity index (χ2v) is 7.15. The van der Waals surface area contributed by atoms with E-state index in [2.05, 4.69) is 25.6 Å². The summed E-state index contributed by atoms with van der Waals surface area (Å²) in [4.78, 5) is 6.15. The molecule has 138 valence electrons. The number of hydrogen-bond acceptors (Lipinski definition) is 5. The van der Waals surface area contributed by atoms with E-state index >= 15 is 0 Å². The van der Waals surface area contributed by atoms with Crippen LogP contribution in [0.25, 0.3) is 27.8 Å². The van der Waals surface area contributed by atoms with Crippen LogP contribution in [0, 0.1) is 19.7 Å². The molecule has 0 amide bonds. The Morgan fingerprint density at radius 3 is 2.70 bits per heavy atom. The fraction of sp³-hybridized carbons (Fsp3) is 0.368. The number of aromatic nitrogens is 6. The molecule has 1 saturated heterocycles. The van der Waals surface area contributed by atoms with Gasteiger partial charge in [-0.15, -0.1) is 5.10 Å². The summed E-state index contributed by atoms with van der Waals surface area (Å²) in [6.07, 6.45) is 3.77. The van der Waals surface area contributed by atoms with Crippen molar-refractivity contribution in [3.05, 3.63) is 41.6 Å². The van der Waals surface area contributed by atoms with Crippen LogP contribution in [-0.4, -0.2) is 42.7 Å². The molecule has 1 aliphatic heterocycles. The zero-order valence-corrected chi connectivity index (χ0v) is 15.3. The highest BCUT2D eigenvalue weighted by Crippen LogP contribution is 2.27. The minimum Gasteiger partial charge on any atom is -0.317 e. The minimum absolute atomic E-state index is 0.216. The van der Waals surface area contributed by atoms with Crippen LogP contribution < -0.4 is 5.32 Å². The van der Waals surface area contributed by atoms with E-state index in [1.54, 1.807) is 9.31 Å². The number of fused-ring (bicyclic) bond motifs is 2. The summed E-state index contributed by atoms with van der Waals surface area (Å²) in [6.45, 7) is 5.75. The minimum atomic E-state index is -0.370. The van der Waals surface area contributed by atoms with Crippen LogP contribution in [0.5, 0.6) is 0 Å². The molecule has 7 nitrogen and oxygen atoms in total. The van der Waals surface area contributed by atoms with E-state index in [9.17, 15) is 4.39 Å². The van der Waals surface area contributed by atoms with Crippen molar-refractivity contribution in [2.24, 2.45) is 0 Å². The Kier molecular flexibility index (Phi) is 3.68. The van der Waals surface area contributed by atoms with Gasteiger partial charge in [-0.1, -0.05) is 0 Å². The van der Waals surface area contributed by atoms with Gasteiger partial charge in [0.1, 0.15) is 11.0 Å². The molecule has 0 radical (unpaired) electrons.